The number of hydrogen-bond donors (Lipinski definition) is 1. The Kier molecular flexibility index (Phi) is 4.65. The second-order valence-electron chi connectivity index (χ2n) is 6.28. The van der Waals surface area contributed by atoms with E-state index in [2.05, 4.69) is 0 Å². The average Bonchev–Trinajstić information content (AvgIpc) is 3.45. The van der Waals surface area contributed by atoms with Crippen molar-refractivity contribution in [3.63, 3.8) is 0 Å². The fourth-order valence-corrected chi connectivity index (χ4v) is 1.88. The lowest BCUT2D eigenvalue weighted by molar-refractivity contribution is -0.0505. The van der Waals surface area contributed by atoms with Crippen LogP contribution in [0.4, 0.5) is 14.4 Å². The van der Waals surface area contributed by atoms with E-state index in [4.69, 9.17) is 14.2 Å². The number of aliphatic hydroxyl groups excluding tert-OH is 1. The fourth-order valence-electron chi connectivity index (χ4n) is 1.88. The van der Waals surface area contributed by atoms with Crippen LogP contribution in [0.5, 0.6) is 0 Å². The summed E-state index contributed by atoms with van der Waals surface area (Å²) in [5, 5.41) is 9.76. The zero-order valence-electron chi connectivity index (χ0n) is 13.3. The van der Waals surface area contributed by atoms with Crippen molar-refractivity contribution in [2.45, 2.75) is 0 Å². The molecule has 3 amide bonds. The van der Waals surface area contributed by atoms with Gasteiger partial charge in [-0.2, -0.15) is 0 Å². The molecule has 3 aliphatic heterocycles. The summed E-state index contributed by atoms with van der Waals surface area (Å²) in [6.45, 7) is 2.74. The lowest BCUT2D eigenvalue weighted by Crippen LogP contribution is -2.43. The van der Waals surface area contributed by atoms with Gasteiger partial charge in [-0.3, -0.25) is 0 Å². The Morgan fingerprint density at radius 1 is 0.708 bits per heavy atom. The van der Waals surface area contributed by atoms with Gasteiger partial charge in [-0.25, -0.2) is 14.4 Å². The SMILES string of the molecule is O=C(OCC(CO)(COC(=O)N1CC1)COC(=O)N1CC1)N1CC1. The van der Waals surface area contributed by atoms with E-state index < -0.39 is 30.3 Å². The third-order valence-corrected chi connectivity index (χ3v) is 3.96. The highest BCUT2D eigenvalue weighted by Crippen LogP contribution is 2.22. The molecule has 3 rings (SSSR count). The highest BCUT2D eigenvalue weighted by atomic mass is 16.6. The van der Waals surface area contributed by atoms with Gasteiger partial charge >= 0.3 is 18.3 Å². The van der Waals surface area contributed by atoms with E-state index >= 15 is 0 Å². The summed E-state index contributed by atoms with van der Waals surface area (Å²) in [6.07, 6.45) is -1.49. The van der Waals surface area contributed by atoms with Gasteiger partial charge in [0.1, 0.15) is 19.8 Å². The van der Waals surface area contributed by atoms with E-state index in [0.29, 0.717) is 39.3 Å². The third-order valence-electron chi connectivity index (χ3n) is 3.96. The third kappa shape index (κ3) is 4.40. The molecule has 10 heteroatoms. The number of rotatable bonds is 7. The molecule has 0 aromatic heterocycles. The number of aliphatic hydroxyl groups is 1. The normalized spacial score (nSPS) is 18.1. The molecule has 0 unspecified atom stereocenters. The predicted octanol–water partition coefficient (Wildman–Crippen LogP) is -0.678. The lowest BCUT2D eigenvalue weighted by Gasteiger charge is -2.30. The minimum atomic E-state index is -1.18. The molecule has 3 aliphatic rings. The van der Waals surface area contributed by atoms with Crippen LogP contribution in [0, 0.1) is 5.41 Å². The first-order chi connectivity index (χ1) is 11.5. The number of carbonyl (C=O) groups is 3. The Bertz CT molecular complexity index is 445. The van der Waals surface area contributed by atoms with Gasteiger partial charge in [0.05, 0.1) is 12.0 Å². The largest absolute Gasteiger partial charge is 0.448 e. The van der Waals surface area contributed by atoms with Crippen molar-refractivity contribution in [1.82, 2.24) is 14.7 Å². The monoisotopic (exact) mass is 343 g/mol. The molecule has 0 bridgehead atoms. The topological polar surface area (TPSA) is 108 Å². The van der Waals surface area contributed by atoms with E-state index in [1.807, 2.05) is 0 Å². The van der Waals surface area contributed by atoms with Gasteiger partial charge in [-0.15, -0.1) is 0 Å². The molecule has 0 aromatic carbocycles. The first-order valence-electron chi connectivity index (χ1n) is 7.89. The minimum Gasteiger partial charge on any atom is -0.448 e. The first-order valence-corrected chi connectivity index (χ1v) is 7.89. The van der Waals surface area contributed by atoms with Crippen molar-refractivity contribution in [3.05, 3.63) is 0 Å². The Balaban J connectivity index is 1.55. The van der Waals surface area contributed by atoms with E-state index in [1.54, 1.807) is 0 Å². The second kappa shape index (κ2) is 6.71. The summed E-state index contributed by atoms with van der Waals surface area (Å²) in [7, 11) is 0. The molecule has 0 aromatic rings. The van der Waals surface area contributed by atoms with Crippen LogP contribution in [-0.2, 0) is 14.2 Å². The smallest absolute Gasteiger partial charge is 0.409 e. The van der Waals surface area contributed by atoms with Gasteiger partial charge < -0.3 is 34.0 Å². The molecule has 1 N–H and O–H groups in total. The molecule has 0 radical (unpaired) electrons. The summed E-state index contributed by atoms with van der Waals surface area (Å²) in [6, 6.07) is 0. The van der Waals surface area contributed by atoms with E-state index in [9.17, 15) is 19.5 Å². The molecule has 3 heterocycles. The quantitative estimate of drug-likeness (QED) is 0.482. The molecule has 134 valence electrons. The molecular weight excluding hydrogens is 322 g/mol. The maximum Gasteiger partial charge on any atom is 0.409 e. The highest BCUT2D eigenvalue weighted by molar-refractivity contribution is 5.71. The van der Waals surface area contributed by atoms with Gasteiger partial charge in [-0.05, 0) is 0 Å². The van der Waals surface area contributed by atoms with E-state index in [-0.39, 0.29) is 19.8 Å². The van der Waals surface area contributed by atoms with Crippen LogP contribution in [0.1, 0.15) is 0 Å². The molecule has 0 saturated carbocycles. The zero-order chi connectivity index (χ0) is 17.2. The Morgan fingerprint density at radius 3 is 1.21 bits per heavy atom. The highest BCUT2D eigenvalue weighted by Gasteiger charge is 2.39. The molecule has 0 spiro atoms. The van der Waals surface area contributed by atoms with E-state index in [1.165, 1.54) is 14.7 Å². The van der Waals surface area contributed by atoms with Crippen molar-refractivity contribution in [1.29, 1.82) is 0 Å². The second-order valence-corrected chi connectivity index (χ2v) is 6.28. The Morgan fingerprint density at radius 2 is 1.00 bits per heavy atom. The summed E-state index contributed by atoms with van der Waals surface area (Å²) in [4.78, 5) is 39.4. The minimum absolute atomic E-state index is 0.209. The van der Waals surface area contributed by atoms with Crippen LogP contribution in [-0.4, -0.2) is 104 Å². The summed E-state index contributed by atoms with van der Waals surface area (Å²) >= 11 is 0. The van der Waals surface area contributed by atoms with Crippen LogP contribution in [0.3, 0.4) is 0 Å². The molecule has 0 atom stereocenters. The number of hydrogen-bond acceptors (Lipinski definition) is 7. The Labute approximate surface area is 138 Å². The maximum atomic E-state index is 11.7. The number of carbonyl (C=O) groups excluding carboxylic acids is 3. The van der Waals surface area contributed by atoms with Crippen LogP contribution in [0.15, 0.2) is 0 Å². The van der Waals surface area contributed by atoms with Gasteiger partial charge in [0.2, 0.25) is 0 Å². The van der Waals surface area contributed by atoms with Gasteiger partial charge in [0.25, 0.3) is 0 Å². The van der Waals surface area contributed by atoms with Crippen LogP contribution in [0.25, 0.3) is 0 Å². The molecule has 3 saturated heterocycles. The average molecular weight is 343 g/mol. The summed E-state index contributed by atoms with van der Waals surface area (Å²) < 4.78 is 15.5. The molecule has 0 aliphatic carbocycles. The first kappa shape index (κ1) is 16.6. The number of amides is 3. The zero-order valence-corrected chi connectivity index (χ0v) is 13.3. The summed E-state index contributed by atoms with van der Waals surface area (Å²) in [5.41, 5.74) is -1.18. The van der Waals surface area contributed by atoms with Crippen LogP contribution < -0.4 is 0 Å². The number of ether oxygens (including phenoxy) is 3. The van der Waals surface area contributed by atoms with Gasteiger partial charge in [-0.1, -0.05) is 0 Å². The Hall–Kier alpha value is -2.23. The molecule has 3 fully saturated rings. The summed E-state index contributed by atoms with van der Waals surface area (Å²) in [5.74, 6) is 0. The van der Waals surface area contributed by atoms with Crippen molar-refractivity contribution in [2.75, 3.05) is 65.7 Å². The van der Waals surface area contributed by atoms with Crippen molar-refractivity contribution in [2.24, 2.45) is 5.41 Å². The van der Waals surface area contributed by atoms with Crippen LogP contribution in [0.2, 0.25) is 0 Å². The van der Waals surface area contributed by atoms with Crippen molar-refractivity contribution in [3.8, 4) is 0 Å². The van der Waals surface area contributed by atoms with Crippen LogP contribution >= 0.6 is 0 Å². The predicted molar refractivity (Wildman–Crippen MR) is 78.3 cm³/mol. The number of nitrogens with zero attached hydrogens (tertiary/aromatic N) is 3. The standard InChI is InChI=1S/C14H21N3O7/c18-7-14(8-22-11(19)15-1-2-15,9-23-12(20)16-3-4-16)10-24-13(21)17-5-6-17/h18H,1-10H2. The maximum absolute atomic E-state index is 11.7. The van der Waals surface area contributed by atoms with Crippen molar-refractivity contribution >= 4 is 18.3 Å². The van der Waals surface area contributed by atoms with Crippen molar-refractivity contribution < 1.29 is 33.7 Å². The molecule has 10 nitrogen and oxygen atoms in total. The lowest BCUT2D eigenvalue weighted by atomic mass is 9.92. The van der Waals surface area contributed by atoms with Gasteiger partial charge in [0.15, 0.2) is 0 Å². The molecule has 24 heavy (non-hydrogen) atoms. The molecular formula is C14H21N3O7. The van der Waals surface area contributed by atoms with E-state index in [0.717, 1.165) is 0 Å². The van der Waals surface area contributed by atoms with Gasteiger partial charge in [0, 0.05) is 39.3 Å². The fraction of sp³-hybridized carbons (Fsp3) is 0.786.